The highest BCUT2D eigenvalue weighted by Crippen LogP contribution is 2.14. The molecule has 90 valence electrons. The van der Waals surface area contributed by atoms with Gasteiger partial charge in [0.2, 0.25) is 0 Å². The van der Waals surface area contributed by atoms with E-state index >= 15 is 0 Å². The van der Waals surface area contributed by atoms with Gasteiger partial charge in [-0.25, -0.2) is 0 Å². The molecule has 1 heterocycles. The van der Waals surface area contributed by atoms with Gasteiger partial charge in [-0.15, -0.1) is 0 Å². The first kappa shape index (κ1) is 13.0. The van der Waals surface area contributed by atoms with E-state index in [-0.39, 0.29) is 5.91 Å². The zero-order valence-electron chi connectivity index (χ0n) is 10.4. The molecule has 3 nitrogen and oxygen atoms in total. The number of amides is 1. The number of hydrogen-bond donors (Lipinski definition) is 1. The summed E-state index contributed by atoms with van der Waals surface area (Å²) in [5, 5.41) is 2.78. The lowest BCUT2D eigenvalue weighted by Crippen LogP contribution is -2.11. The Hall–Kier alpha value is -2.03. The molecule has 0 saturated heterocycles. The Bertz CT molecular complexity index is 461. The second-order valence-electron chi connectivity index (χ2n) is 3.25. The quantitative estimate of drug-likeness (QED) is 0.852. The average Bonchev–Trinajstić information content (AvgIpc) is 2.88. The average molecular weight is 231 g/mol. The lowest BCUT2D eigenvalue weighted by atomic mass is 10.2. The van der Waals surface area contributed by atoms with Crippen molar-refractivity contribution in [3.05, 3.63) is 54.0 Å². The fraction of sp³-hybridized carbons (Fsp3) is 0.214. The van der Waals surface area contributed by atoms with E-state index in [1.165, 1.54) is 6.26 Å². The number of aryl methyl sites for hydroxylation is 1. The number of hydrogen-bond acceptors (Lipinski definition) is 2. The van der Waals surface area contributed by atoms with E-state index in [0.29, 0.717) is 5.76 Å². The number of nitrogens with one attached hydrogen (secondary N) is 1. The minimum atomic E-state index is -0.227. The number of carbonyl (C=O) groups excluding carboxylic acids is 1. The second-order valence-corrected chi connectivity index (χ2v) is 3.25. The molecule has 17 heavy (non-hydrogen) atoms. The summed E-state index contributed by atoms with van der Waals surface area (Å²) >= 11 is 0. The second kappa shape index (κ2) is 6.53. The van der Waals surface area contributed by atoms with Gasteiger partial charge in [0, 0.05) is 5.69 Å². The van der Waals surface area contributed by atoms with Gasteiger partial charge in [0.25, 0.3) is 5.91 Å². The van der Waals surface area contributed by atoms with E-state index in [4.69, 9.17) is 4.42 Å². The number of rotatable bonds is 2. The summed E-state index contributed by atoms with van der Waals surface area (Å²) in [6.07, 6.45) is 1.48. The molecule has 0 fully saturated rings. The minimum absolute atomic E-state index is 0.227. The topological polar surface area (TPSA) is 42.2 Å². The predicted octanol–water partition coefficient (Wildman–Crippen LogP) is 3.87. The first-order valence-electron chi connectivity index (χ1n) is 5.68. The van der Waals surface area contributed by atoms with Crippen LogP contribution in [-0.4, -0.2) is 5.91 Å². The highest BCUT2D eigenvalue weighted by Gasteiger charge is 2.08. The SMILES string of the molecule is CC.Cc1ccccc1NC(=O)c1ccco1. The van der Waals surface area contributed by atoms with Gasteiger partial charge in [0.1, 0.15) is 0 Å². The molecule has 1 aromatic heterocycles. The molecule has 2 aromatic rings. The fourth-order valence-corrected chi connectivity index (χ4v) is 1.30. The number of para-hydroxylation sites is 1. The van der Waals surface area contributed by atoms with Crippen molar-refractivity contribution < 1.29 is 9.21 Å². The van der Waals surface area contributed by atoms with Crippen molar-refractivity contribution in [2.45, 2.75) is 20.8 Å². The summed E-state index contributed by atoms with van der Waals surface area (Å²) in [7, 11) is 0. The van der Waals surface area contributed by atoms with Crippen molar-refractivity contribution in [3.63, 3.8) is 0 Å². The third-order valence-corrected chi connectivity index (χ3v) is 2.14. The standard InChI is InChI=1S/C12H11NO2.C2H6/c1-9-5-2-3-6-10(9)13-12(14)11-7-4-8-15-11;1-2/h2-8H,1H3,(H,13,14);1-2H3. The fourth-order valence-electron chi connectivity index (χ4n) is 1.30. The monoisotopic (exact) mass is 231 g/mol. The van der Waals surface area contributed by atoms with Crippen molar-refractivity contribution in [3.8, 4) is 0 Å². The summed E-state index contributed by atoms with van der Waals surface area (Å²) in [4.78, 5) is 11.6. The van der Waals surface area contributed by atoms with Crippen LogP contribution in [0.3, 0.4) is 0 Å². The van der Waals surface area contributed by atoms with Gasteiger partial charge >= 0.3 is 0 Å². The molecule has 3 heteroatoms. The molecule has 0 atom stereocenters. The number of carbonyl (C=O) groups is 1. The molecule has 0 unspecified atom stereocenters. The summed E-state index contributed by atoms with van der Waals surface area (Å²) in [5.74, 6) is 0.0903. The predicted molar refractivity (Wildman–Crippen MR) is 69.2 cm³/mol. The molecule has 0 aliphatic rings. The van der Waals surface area contributed by atoms with Crippen molar-refractivity contribution in [1.29, 1.82) is 0 Å². The summed E-state index contributed by atoms with van der Waals surface area (Å²) in [5.41, 5.74) is 1.83. The zero-order chi connectivity index (χ0) is 12.7. The maximum absolute atomic E-state index is 11.6. The lowest BCUT2D eigenvalue weighted by Gasteiger charge is -2.05. The van der Waals surface area contributed by atoms with Gasteiger partial charge in [-0.3, -0.25) is 4.79 Å². The van der Waals surface area contributed by atoms with Gasteiger partial charge in [-0.1, -0.05) is 32.0 Å². The lowest BCUT2D eigenvalue weighted by molar-refractivity contribution is 0.0996. The van der Waals surface area contributed by atoms with Gasteiger partial charge in [0.15, 0.2) is 5.76 Å². The number of anilines is 1. The van der Waals surface area contributed by atoms with Crippen LogP contribution >= 0.6 is 0 Å². The van der Waals surface area contributed by atoms with Crippen LogP contribution in [0.15, 0.2) is 47.1 Å². The van der Waals surface area contributed by atoms with Crippen LogP contribution < -0.4 is 5.32 Å². The van der Waals surface area contributed by atoms with Crippen molar-refractivity contribution >= 4 is 11.6 Å². The smallest absolute Gasteiger partial charge is 0.291 e. The molecule has 1 N–H and O–H groups in total. The number of furan rings is 1. The van der Waals surface area contributed by atoms with Crippen LogP contribution in [0.25, 0.3) is 0 Å². The van der Waals surface area contributed by atoms with Gasteiger partial charge in [0.05, 0.1) is 6.26 Å². The number of benzene rings is 1. The van der Waals surface area contributed by atoms with Crippen molar-refractivity contribution in [1.82, 2.24) is 0 Å². The van der Waals surface area contributed by atoms with Crippen LogP contribution in [0.4, 0.5) is 5.69 Å². The molecular formula is C14H17NO2. The summed E-state index contributed by atoms with van der Waals surface area (Å²) < 4.78 is 5.00. The highest BCUT2D eigenvalue weighted by atomic mass is 16.3. The van der Waals surface area contributed by atoms with Crippen LogP contribution in [-0.2, 0) is 0 Å². The Kier molecular flexibility index (Phi) is 5.01. The van der Waals surface area contributed by atoms with Crippen LogP contribution in [0.2, 0.25) is 0 Å². The van der Waals surface area contributed by atoms with Crippen molar-refractivity contribution in [2.24, 2.45) is 0 Å². The van der Waals surface area contributed by atoms with E-state index in [1.807, 2.05) is 45.0 Å². The van der Waals surface area contributed by atoms with E-state index in [0.717, 1.165) is 11.3 Å². The molecule has 0 radical (unpaired) electrons. The Morgan fingerprint density at radius 1 is 1.12 bits per heavy atom. The third kappa shape index (κ3) is 3.48. The maximum Gasteiger partial charge on any atom is 0.291 e. The molecule has 1 amide bonds. The van der Waals surface area contributed by atoms with E-state index in [1.54, 1.807) is 12.1 Å². The maximum atomic E-state index is 11.6. The van der Waals surface area contributed by atoms with E-state index in [9.17, 15) is 4.79 Å². The van der Waals surface area contributed by atoms with Gasteiger partial charge < -0.3 is 9.73 Å². The van der Waals surface area contributed by atoms with Crippen molar-refractivity contribution in [2.75, 3.05) is 5.32 Å². The Morgan fingerprint density at radius 3 is 2.41 bits per heavy atom. The zero-order valence-corrected chi connectivity index (χ0v) is 10.4. The van der Waals surface area contributed by atoms with E-state index < -0.39 is 0 Å². The van der Waals surface area contributed by atoms with Gasteiger partial charge in [-0.05, 0) is 30.7 Å². The van der Waals surface area contributed by atoms with Crippen LogP contribution in [0.1, 0.15) is 30.0 Å². The van der Waals surface area contributed by atoms with Crippen LogP contribution in [0.5, 0.6) is 0 Å². The Balaban J connectivity index is 0.000000686. The minimum Gasteiger partial charge on any atom is -0.459 e. The van der Waals surface area contributed by atoms with Gasteiger partial charge in [-0.2, -0.15) is 0 Å². The molecule has 1 aromatic carbocycles. The van der Waals surface area contributed by atoms with E-state index in [2.05, 4.69) is 5.32 Å². The first-order chi connectivity index (χ1) is 8.27. The third-order valence-electron chi connectivity index (χ3n) is 2.14. The Morgan fingerprint density at radius 2 is 1.82 bits per heavy atom. The first-order valence-corrected chi connectivity index (χ1v) is 5.68. The Labute approximate surface area is 101 Å². The molecule has 2 rings (SSSR count). The largest absolute Gasteiger partial charge is 0.459 e. The molecule has 0 aliphatic carbocycles. The molecule has 0 spiro atoms. The molecular weight excluding hydrogens is 214 g/mol. The summed E-state index contributed by atoms with van der Waals surface area (Å²) in [6.45, 7) is 5.94. The van der Waals surface area contributed by atoms with Crippen LogP contribution in [0, 0.1) is 6.92 Å². The normalized spacial score (nSPS) is 9.12. The molecule has 0 aliphatic heterocycles. The molecule has 0 bridgehead atoms. The summed E-state index contributed by atoms with van der Waals surface area (Å²) in [6, 6.07) is 10.9. The molecule has 0 saturated carbocycles. The highest BCUT2D eigenvalue weighted by molar-refractivity contribution is 6.02.